The van der Waals surface area contributed by atoms with Crippen LogP contribution in [0.4, 0.5) is 5.82 Å². The minimum absolute atomic E-state index is 0.00370. The van der Waals surface area contributed by atoms with Crippen molar-refractivity contribution in [1.82, 2.24) is 9.88 Å². The van der Waals surface area contributed by atoms with Crippen LogP contribution in [0.1, 0.15) is 16.9 Å². The van der Waals surface area contributed by atoms with E-state index in [2.05, 4.69) is 10.3 Å². The zero-order chi connectivity index (χ0) is 14.2. The van der Waals surface area contributed by atoms with Crippen LogP contribution < -0.4 is 5.32 Å². The molecule has 8 heteroatoms. The van der Waals surface area contributed by atoms with Gasteiger partial charge < -0.3 is 10.4 Å². The van der Waals surface area contributed by atoms with Crippen LogP contribution in [0.15, 0.2) is 12.1 Å². The van der Waals surface area contributed by atoms with Crippen molar-refractivity contribution in [2.75, 3.05) is 12.4 Å². The maximum Gasteiger partial charge on any atom is 0.356 e. The molecule has 2 amide bonds. The Hall–Kier alpha value is -2.15. The lowest BCUT2D eigenvalue weighted by Crippen LogP contribution is -2.32. The molecule has 1 aliphatic heterocycles. The molecule has 100 valence electrons. The fourth-order valence-corrected chi connectivity index (χ4v) is 1.91. The molecule has 2 rings (SSSR count). The lowest BCUT2D eigenvalue weighted by atomic mass is 10.2. The summed E-state index contributed by atoms with van der Waals surface area (Å²) in [6, 6.07) is 2.09. The maximum atomic E-state index is 11.7. The number of carbonyl (C=O) groups excluding carboxylic acids is 2. The Bertz CT molecular complexity index is 575. The van der Waals surface area contributed by atoms with E-state index in [0.717, 1.165) is 4.90 Å². The Kier molecular flexibility index (Phi) is 3.39. The number of carboxylic acid groups (broad SMARTS) is 1. The molecular formula is C11H10ClN3O4. The number of anilines is 1. The highest BCUT2D eigenvalue weighted by Crippen LogP contribution is 2.20. The molecule has 1 aromatic rings. The monoisotopic (exact) mass is 283 g/mol. The largest absolute Gasteiger partial charge is 0.476 e. The SMILES string of the molecule is CN1C(=O)CC(Nc2ccc(Cl)c(C(=O)O)n2)C1=O. The summed E-state index contributed by atoms with van der Waals surface area (Å²) >= 11 is 5.68. The summed E-state index contributed by atoms with van der Waals surface area (Å²) in [7, 11) is 1.39. The topological polar surface area (TPSA) is 99.6 Å². The standard InChI is InChI=1S/C11H10ClN3O4/c1-15-8(16)4-6(10(15)17)13-7-3-2-5(12)9(14-7)11(18)19/h2-3,6H,4H2,1H3,(H,13,14)(H,18,19). The number of nitrogens with zero attached hydrogens (tertiary/aromatic N) is 2. The average molecular weight is 284 g/mol. The van der Waals surface area contributed by atoms with E-state index in [1.54, 1.807) is 0 Å². The number of halogens is 1. The van der Waals surface area contributed by atoms with E-state index in [1.165, 1.54) is 19.2 Å². The van der Waals surface area contributed by atoms with Crippen molar-refractivity contribution >= 4 is 35.2 Å². The summed E-state index contributed by atoms with van der Waals surface area (Å²) < 4.78 is 0. The summed E-state index contributed by atoms with van der Waals surface area (Å²) in [5, 5.41) is 11.6. The van der Waals surface area contributed by atoms with Gasteiger partial charge in [-0.1, -0.05) is 11.6 Å². The second kappa shape index (κ2) is 4.85. The highest BCUT2D eigenvalue weighted by molar-refractivity contribution is 6.33. The van der Waals surface area contributed by atoms with Gasteiger partial charge in [0, 0.05) is 7.05 Å². The van der Waals surface area contributed by atoms with Gasteiger partial charge in [-0.2, -0.15) is 0 Å². The molecular weight excluding hydrogens is 274 g/mol. The van der Waals surface area contributed by atoms with Crippen molar-refractivity contribution in [3.05, 3.63) is 22.8 Å². The van der Waals surface area contributed by atoms with E-state index >= 15 is 0 Å². The first kappa shape index (κ1) is 13.3. The minimum Gasteiger partial charge on any atom is -0.476 e. The quantitative estimate of drug-likeness (QED) is 0.788. The van der Waals surface area contributed by atoms with E-state index in [4.69, 9.17) is 16.7 Å². The van der Waals surface area contributed by atoms with Gasteiger partial charge in [0.15, 0.2) is 5.69 Å². The molecule has 19 heavy (non-hydrogen) atoms. The zero-order valence-corrected chi connectivity index (χ0v) is 10.6. The van der Waals surface area contributed by atoms with Crippen molar-refractivity contribution in [2.45, 2.75) is 12.5 Å². The van der Waals surface area contributed by atoms with Crippen molar-refractivity contribution < 1.29 is 19.5 Å². The van der Waals surface area contributed by atoms with Gasteiger partial charge in [0.2, 0.25) is 5.91 Å². The highest BCUT2D eigenvalue weighted by Gasteiger charge is 2.36. The second-order valence-corrected chi connectivity index (χ2v) is 4.43. The van der Waals surface area contributed by atoms with E-state index in [9.17, 15) is 14.4 Å². The third-order valence-electron chi connectivity index (χ3n) is 2.75. The van der Waals surface area contributed by atoms with Crippen molar-refractivity contribution in [3.8, 4) is 0 Å². The molecule has 1 aromatic heterocycles. The molecule has 1 aliphatic rings. The summed E-state index contributed by atoms with van der Waals surface area (Å²) in [6.45, 7) is 0. The molecule has 7 nitrogen and oxygen atoms in total. The summed E-state index contributed by atoms with van der Waals surface area (Å²) in [4.78, 5) is 38.7. The fraction of sp³-hybridized carbons (Fsp3) is 0.273. The Labute approximate surface area is 113 Å². The third-order valence-corrected chi connectivity index (χ3v) is 3.06. The Morgan fingerprint density at radius 1 is 1.53 bits per heavy atom. The minimum atomic E-state index is -1.26. The van der Waals surface area contributed by atoms with Crippen LogP contribution in [0.5, 0.6) is 0 Å². The van der Waals surface area contributed by atoms with E-state index < -0.39 is 12.0 Å². The van der Waals surface area contributed by atoms with Crippen LogP contribution in [-0.2, 0) is 9.59 Å². The predicted octanol–water partition coefficient (Wildman–Crippen LogP) is 0.602. The van der Waals surface area contributed by atoms with Crippen LogP contribution in [-0.4, -0.2) is 45.9 Å². The third kappa shape index (κ3) is 2.50. The number of nitrogens with one attached hydrogen (secondary N) is 1. The fourth-order valence-electron chi connectivity index (χ4n) is 1.72. The number of likely N-dealkylation sites (tertiary alicyclic amines) is 1. The van der Waals surface area contributed by atoms with E-state index in [-0.39, 0.29) is 34.8 Å². The predicted molar refractivity (Wildman–Crippen MR) is 66.0 cm³/mol. The van der Waals surface area contributed by atoms with Crippen LogP contribution >= 0.6 is 11.6 Å². The lowest BCUT2D eigenvalue weighted by molar-refractivity contribution is -0.136. The van der Waals surface area contributed by atoms with Gasteiger partial charge in [0.1, 0.15) is 11.9 Å². The van der Waals surface area contributed by atoms with Crippen LogP contribution in [0.2, 0.25) is 5.02 Å². The number of hydrogen-bond donors (Lipinski definition) is 2. The summed E-state index contributed by atoms with van der Waals surface area (Å²) in [5.74, 6) is -1.75. The molecule has 0 aromatic carbocycles. The summed E-state index contributed by atoms with van der Waals surface area (Å²) in [6.07, 6.45) is 0.0159. The van der Waals surface area contributed by atoms with Crippen LogP contribution in [0.25, 0.3) is 0 Å². The van der Waals surface area contributed by atoms with Gasteiger partial charge in [0.05, 0.1) is 11.4 Å². The first-order valence-electron chi connectivity index (χ1n) is 5.37. The Balaban J connectivity index is 2.21. The van der Waals surface area contributed by atoms with Crippen molar-refractivity contribution in [1.29, 1.82) is 0 Å². The molecule has 1 atom stereocenters. The summed E-state index contributed by atoms with van der Waals surface area (Å²) in [5.41, 5.74) is -0.309. The average Bonchev–Trinajstić information content (AvgIpc) is 2.59. The molecule has 0 bridgehead atoms. The second-order valence-electron chi connectivity index (χ2n) is 4.02. The molecule has 0 spiro atoms. The zero-order valence-electron chi connectivity index (χ0n) is 9.88. The van der Waals surface area contributed by atoms with Gasteiger partial charge in [-0.15, -0.1) is 0 Å². The molecule has 1 fully saturated rings. The number of carboxylic acids is 1. The number of pyridine rings is 1. The lowest BCUT2D eigenvalue weighted by Gasteiger charge is -2.12. The van der Waals surface area contributed by atoms with Gasteiger partial charge in [-0.3, -0.25) is 14.5 Å². The smallest absolute Gasteiger partial charge is 0.356 e. The molecule has 2 heterocycles. The number of imide groups is 1. The van der Waals surface area contributed by atoms with Gasteiger partial charge in [-0.05, 0) is 12.1 Å². The molecule has 0 saturated carbocycles. The van der Waals surface area contributed by atoms with Crippen molar-refractivity contribution in [3.63, 3.8) is 0 Å². The Morgan fingerprint density at radius 3 is 2.74 bits per heavy atom. The van der Waals surface area contributed by atoms with E-state index in [0.29, 0.717) is 0 Å². The van der Waals surface area contributed by atoms with Gasteiger partial charge in [-0.25, -0.2) is 9.78 Å². The number of amides is 2. The van der Waals surface area contributed by atoms with Crippen LogP contribution in [0.3, 0.4) is 0 Å². The molecule has 0 radical (unpaired) electrons. The van der Waals surface area contributed by atoms with Gasteiger partial charge >= 0.3 is 5.97 Å². The first-order valence-corrected chi connectivity index (χ1v) is 5.74. The molecule has 2 N–H and O–H groups in total. The maximum absolute atomic E-state index is 11.7. The highest BCUT2D eigenvalue weighted by atomic mass is 35.5. The van der Waals surface area contributed by atoms with Crippen LogP contribution in [0, 0.1) is 0 Å². The first-order chi connectivity index (χ1) is 8.90. The van der Waals surface area contributed by atoms with Gasteiger partial charge in [0.25, 0.3) is 5.91 Å². The Morgan fingerprint density at radius 2 is 2.21 bits per heavy atom. The number of aromatic carboxylic acids is 1. The molecule has 1 unspecified atom stereocenters. The number of rotatable bonds is 3. The molecule has 1 saturated heterocycles. The molecule has 0 aliphatic carbocycles. The normalized spacial score (nSPS) is 18.8. The number of aromatic nitrogens is 1. The van der Waals surface area contributed by atoms with E-state index in [1.807, 2.05) is 0 Å². The number of hydrogen-bond acceptors (Lipinski definition) is 5. The number of carbonyl (C=O) groups is 3. The number of likely N-dealkylation sites (N-methyl/N-ethyl adjacent to an activating group) is 1. The van der Waals surface area contributed by atoms with Crippen molar-refractivity contribution in [2.24, 2.45) is 0 Å².